The summed E-state index contributed by atoms with van der Waals surface area (Å²) in [6.45, 7) is 2.14. The van der Waals surface area contributed by atoms with E-state index in [-0.39, 0.29) is 11.8 Å². The number of nitrogens with zero attached hydrogens (tertiary/aromatic N) is 1. The van der Waals surface area contributed by atoms with Crippen LogP contribution in [-0.2, 0) is 5.41 Å². The van der Waals surface area contributed by atoms with Crippen molar-refractivity contribution in [1.29, 1.82) is 0 Å². The van der Waals surface area contributed by atoms with Crippen LogP contribution in [0.4, 0.5) is 0 Å². The molecule has 0 aliphatic heterocycles. The van der Waals surface area contributed by atoms with Crippen LogP contribution in [0.15, 0.2) is 78.9 Å². The van der Waals surface area contributed by atoms with Gasteiger partial charge in [0.25, 0.3) is 0 Å². The molecule has 3 rings (SSSR count). The number of benzene rings is 3. The van der Waals surface area contributed by atoms with Crippen LogP contribution in [0.1, 0.15) is 34.8 Å². The largest absolute Gasteiger partial charge is 0.307 e. The summed E-state index contributed by atoms with van der Waals surface area (Å²) in [6, 6.07) is 25.2. The third kappa shape index (κ3) is 4.56. The Kier molecular flexibility index (Phi) is 6.79. The highest BCUT2D eigenvalue weighted by atomic mass is 35.5. The summed E-state index contributed by atoms with van der Waals surface area (Å²) in [7, 11) is 4.07. The van der Waals surface area contributed by atoms with Crippen LogP contribution in [0.3, 0.4) is 0 Å². The quantitative estimate of drug-likeness (QED) is 0.402. The van der Waals surface area contributed by atoms with E-state index in [0.29, 0.717) is 22.0 Å². The molecule has 1 atom stereocenters. The van der Waals surface area contributed by atoms with E-state index in [2.05, 4.69) is 11.8 Å². The van der Waals surface area contributed by atoms with Gasteiger partial charge in [-0.25, -0.2) is 0 Å². The molecule has 0 saturated carbocycles. The van der Waals surface area contributed by atoms with Gasteiger partial charge in [0.2, 0.25) is 0 Å². The van der Waals surface area contributed by atoms with Gasteiger partial charge < -0.3 is 4.90 Å². The minimum Gasteiger partial charge on any atom is -0.307 e. The number of rotatable bonds is 7. The highest BCUT2D eigenvalue weighted by Gasteiger charge is 2.43. The summed E-state index contributed by atoms with van der Waals surface area (Å²) in [5.41, 5.74) is 1.57. The molecule has 0 aliphatic rings. The summed E-state index contributed by atoms with van der Waals surface area (Å²) in [4.78, 5) is 16.3. The summed E-state index contributed by atoms with van der Waals surface area (Å²) in [6.07, 6.45) is 0.622. The van der Waals surface area contributed by atoms with Crippen LogP contribution in [0, 0.1) is 0 Å². The lowest BCUT2D eigenvalue weighted by Gasteiger charge is -2.38. The number of halogens is 2. The van der Waals surface area contributed by atoms with Crippen molar-refractivity contribution in [1.82, 2.24) is 4.90 Å². The summed E-state index contributed by atoms with van der Waals surface area (Å²) in [5, 5.41) is 0.910. The zero-order valence-electron chi connectivity index (χ0n) is 16.9. The molecule has 0 saturated heterocycles. The van der Waals surface area contributed by atoms with Crippen molar-refractivity contribution in [2.75, 3.05) is 14.1 Å². The average molecular weight is 426 g/mol. The van der Waals surface area contributed by atoms with Gasteiger partial charge in [-0.1, -0.05) is 83.9 Å². The molecule has 3 aromatic carbocycles. The zero-order valence-corrected chi connectivity index (χ0v) is 18.4. The predicted octanol–water partition coefficient (Wildman–Crippen LogP) is 6.50. The lowest BCUT2D eigenvalue weighted by Crippen LogP contribution is -2.43. The molecule has 0 heterocycles. The van der Waals surface area contributed by atoms with E-state index in [0.717, 1.165) is 11.1 Å². The molecule has 0 unspecified atom stereocenters. The Morgan fingerprint density at radius 1 is 0.862 bits per heavy atom. The molecule has 150 valence electrons. The molecule has 0 amide bonds. The molecule has 29 heavy (non-hydrogen) atoms. The molecule has 0 spiro atoms. The number of hydrogen-bond donors (Lipinski definition) is 0. The molecule has 0 N–H and O–H groups in total. The SMILES string of the molecule is C[C@H](CC(C(=O)c1cc(Cl)cc(Cl)c1)(c1ccccc1)c1ccccc1)N(C)C. The molecular weight excluding hydrogens is 401 g/mol. The Balaban J connectivity index is 2.30. The van der Waals surface area contributed by atoms with Gasteiger partial charge in [0.15, 0.2) is 5.78 Å². The fourth-order valence-electron chi connectivity index (χ4n) is 3.76. The highest BCUT2D eigenvalue weighted by molar-refractivity contribution is 6.35. The average Bonchev–Trinajstić information content (AvgIpc) is 2.72. The Morgan fingerprint density at radius 2 is 1.31 bits per heavy atom. The monoisotopic (exact) mass is 425 g/mol. The second-order valence-electron chi connectivity index (χ2n) is 7.64. The van der Waals surface area contributed by atoms with Gasteiger partial charge >= 0.3 is 0 Å². The van der Waals surface area contributed by atoms with E-state index < -0.39 is 5.41 Å². The van der Waals surface area contributed by atoms with E-state index in [4.69, 9.17) is 23.2 Å². The van der Waals surface area contributed by atoms with Crippen LogP contribution in [0.2, 0.25) is 10.0 Å². The first-order chi connectivity index (χ1) is 13.8. The van der Waals surface area contributed by atoms with Gasteiger partial charge in [-0.05, 0) is 56.8 Å². The number of hydrogen-bond acceptors (Lipinski definition) is 2. The van der Waals surface area contributed by atoms with Crippen molar-refractivity contribution in [2.24, 2.45) is 0 Å². The third-order valence-electron chi connectivity index (χ3n) is 5.53. The van der Waals surface area contributed by atoms with Crippen molar-refractivity contribution < 1.29 is 4.79 Å². The number of carbonyl (C=O) groups excluding carboxylic acids is 1. The fourth-order valence-corrected chi connectivity index (χ4v) is 4.29. The van der Waals surface area contributed by atoms with E-state index in [1.54, 1.807) is 18.2 Å². The van der Waals surface area contributed by atoms with E-state index in [1.807, 2.05) is 74.8 Å². The number of Topliss-reactive ketones (excluding diaryl/α,β-unsaturated/α-hetero) is 1. The third-order valence-corrected chi connectivity index (χ3v) is 5.97. The van der Waals surface area contributed by atoms with Gasteiger partial charge in [-0.3, -0.25) is 4.79 Å². The first-order valence-electron chi connectivity index (χ1n) is 9.63. The summed E-state index contributed by atoms with van der Waals surface area (Å²) >= 11 is 12.5. The van der Waals surface area contributed by atoms with Gasteiger partial charge in [0.05, 0.1) is 5.41 Å². The number of carbonyl (C=O) groups is 1. The minimum atomic E-state index is -0.861. The first kappa shape index (κ1) is 21.6. The van der Waals surface area contributed by atoms with E-state index in [9.17, 15) is 4.79 Å². The van der Waals surface area contributed by atoms with Crippen LogP contribution in [0.25, 0.3) is 0 Å². The molecule has 4 heteroatoms. The van der Waals surface area contributed by atoms with Gasteiger partial charge in [-0.2, -0.15) is 0 Å². The molecule has 2 nitrogen and oxygen atoms in total. The maximum Gasteiger partial charge on any atom is 0.177 e. The first-order valence-corrected chi connectivity index (χ1v) is 10.4. The van der Waals surface area contributed by atoms with E-state index >= 15 is 0 Å². The molecule has 0 bridgehead atoms. The topological polar surface area (TPSA) is 20.3 Å². The maximum atomic E-state index is 14.2. The lowest BCUT2D eigenvalue weighted by atomic mass is 9.66. The fraction of sp³-hybridized carbons (Fsp3) is 0.240. The van der Waals surface area contributed by atoms with Gasteiger partial charge in [0.1, 0.15) is 0 Å². The van der Waals surface area contributed by atoms with Crippen molar-refractivity contribution in [3.8, 4) is 0 Å². The molecule has 0 aromatic heterocycles. The maximum absolute atomic E-state index is 14.2. The Hall–Kier alpha value is -2.13. The smallest absolute Gasteiger partial charge is 0.177 e. The van der Waals surface area contributed by atoms with E-state index in [1.165, 1.54) is 0 Å². The second-order valence-corrected chi connectivity index (χ2v) is 8.51. The molecular formula is C25H25Cl2NO. The van der Waals surface area contributed by atoms with Gasteiger partial charge in [-0.15, -0.1) is 0 Å². The standard InChI is InChI=1S/C25H25Cl2NO/c1-18(28(2)3)17-25(20-10-6-4-7-11-20,21-12-8-5-9-13-21)24(29)19-14-22(26)16-23(27)15-19/h4-16,18H,17H2,1-3H3/t18-/m1/s1. The van der Waals surface area contributed by atoms with Crippen molar-refractivity contribution >= 4 is 29.0 Å². The van der Waals surface area contributed by atoms with Crippen molar-refractivity contribution in [2.45, 2.75) is 24.8 Å². The van der Waals surface area contributed by atoms with Crippen LogP contribution in [-0.4, -0.2) is 30.8 Å². The normalized spacial score (nSPS) is 12.8. The second kappa shape index (κ2) is 9.13. The Bertz CT molecular complexity index is 911. The number of ketones is 1. The van der Waals surface area contributed by atoms with Crippen LogP contribution >= 0.6 is 23.2 Å². The van der Waals surface area contributed by atoms with Crippen molar-refractivity contribution in [3.05, 3.63) is 106 Å². The van der Waals surface area contributed by atoms with Crippen LogP contribution in [0.5, 0.6) is 0 Å². The molecule has 0 radical (unpaired) electrons. The Labute approximate surface area is 183 Å². The molecule has 3 aromatic rings. The lowest BCUT2D eigenvalue weighted by molar-refractivity contribution is 0.0882. The summed E-state index contributed by atoms with van der Waals surface area (Å²) in [5.74, 6) is -0.00648. The van der Waals surface area contributed by atoms with Crippen molar-refractivity contribution in [3.63, 3.8) is 0 Å². The minimum absolute atomic E-state index is 0.00648. The Morgan fingerprint density at radius 3 is 1.72 bits per heavy atom. The zero-order chi connectivity index (χ0) is 21.0. The molecule has 0 fully saturated rings. The molecule has 0 aliphatic carbocycles. The predicted molar refractivity (Wildman–Crippen MR) is 122 cm³/mol. The highest BCUT2D eigenvalue weighted by Crippen LogP contribution is 2.41. The summed E-state index contributed by atoms with van der Waals surface area (Å²) < 4.78 is 0. The van der Waals surface area contributed by atoms with Gasteiger partial charge in [0, 0.05) is 21.7 Å². The van der Waals surface area contributed by atoms with Crippen LogP contribution < -0.4 is 0 Å².